The number of aryl methyl sites for hydroxylation is 1. The number of pyridine rings is 2. The van der Waals surface area contributed by atoms with Crippen LogP contribution in [0.15, 0.2) is 54.7 Å². The van der Waals surface area contributed by atoms with E-state index in [0.717, 1.165) is 13.3 Å². The van der Waals surface area contributed by atoms with Gasteiger partial charge in [-0.15, -0.1) is 10.2 Å². The van der Waals surface area contributed by atoms with Crippen LogP contribution in [0.2, 0.25) is 0 Å². The molecule has 0 amide bonds. The Labute approximate surface area is 215 Å². The van der Waals surface area contributed by atoms with Gasteiger partial charge in [-0.3, -0.25) is 14.3 Å². The number of methoxy groups -OCH3 is 3. The SMILES string of the molecule is CO.COc1cccc(-c2nnc(NS(=O)CCc3ccc(F)cn3)n2-c2c(OC)cccc2OC)n1. The molecular weight excluding hydrogens is 503 g/mol. The maximum absolute atomic E-state index is 13.1. The average Bonchev–Trinajstić information content (AvgIpc) is 3.36. The molecular formula is C24H27FN6O5S. The van der Waals surface area contributed by atoms with Gasteiger partial charge in [0.15, 0.2) is 5.82 Å². The zero-order valence-electron chi connectivity index (χ0n) is 20.7. The van der Waals surface area contributed by atoms with Crippen LogP contribution >= 0.6 is 0 Å². The molecule has 0 saturated heterocycles. The van der Waals surface area contributed by atoms with E-state index in [1.165, 1.54) is 27.4 Å². The van der Waals surface area contributed by atoms with Gasteiger partial charge >= 0.3 is 0 Å². The Morgan fingerprint density at radius 2 is 1.68 bits per heavy atom. The molecule has 0 radical (unpaired) electrons. The first-order chi connectivity index (χ1) is 18.0. The monoisotopic (exact) mass is 530 g/mol. The minimum Gasteiger partial charge on any atom is -0.494 e. The van der Waals surface area contributed by atoms with Gasteiger partial charge < -0.3 is 19.3 Å². The predicted molar refractivity (Wildman–Crippen MR) is 137 cm³/mol. The van der Waals surface area contributed by atoms with E-state index in [1.807, 2.05) is 0 Å². The molecule has 0 spiro atoms. The molecule has 1 unspecified atom stereocenters. The van der Waals surface area contributed by atoms with E-state index < -0.39 is 16.8 Å². The lowest BCUT2D eigenvalue weighted by Crippen LogP contribution is -2.15. The molecule has 3 aromatic heterocycles. The number of rotatable bonds is 10. The van der Waals surface area contributed by atoms with E-state index >= 15 is 0 Å². The van der Waals surface area contributed by atoms with Gasteiger partial charge in [0.25, 0.3) is 0 Å². The van der Waals surface area contributed by atoms with Crippen molar-refractivity contribution in [3.8, 4) is 34.6 Å². The lowest BCUT2D eigenvalue weighted by molar-refractivity contribution is 0.391. The van der Waals surface area contributed by atoms with E-state index in [2.05, 4.69) is 24.9 Å². The van der Waals surface area contributed by atoms with E-state index in [9.17, 15) is 8.60 Å². The van der Waals surface area contributed by atoms with Crippen molar-refractivity contribution >= 4 is 16.9 Å². The Kier molecular flexibility index (Phi) is 9.86. The molecule has 4 rings (SSSR count). The second-order valence-electron chi connectivity index (χ2n) is 7.13. The molecule has 0 bridgehead atoms. The van der Waals surface area contributed by atoms with E-state index in [-0.39, 0.29) is 11.7 Å². The Balaban J connectivity index is 0.00000186. The summed E-state index contributed by atoms with van der Waals surface area (Å²) in [6, 6.07) is 13.4. The fourth-order valence-corrected chi connectivity index (χ4v) is 4.17. The molecule has 13 heteroatoms. The fourth-order valence-electron chi connectivity index (χ4n) is 3.34. The molecule has 3 heterocycles. The van der Waals surface area contributed by atoms with E-state index in [4.69, 9.17) is 19.3 Å². The van der Waals surface area contributed by atoms with Crippen LogP contribution in [0.4, 0.5) is 10.3 Å². The van der Waals surface area contributed by atoms with Crippen molar-refractivity contribution in [1.29, 1.82) is 0 Å². The van der Waals surface area contributed by atoms with Gasteiger partial charge in [-0.05, 0) is 30.3 Å². The number of ether oxygens (including phenoxy) is 3. The first kappa shape index (κ1) is 27.5. The molecule has 0 aliphatic carbocycles. The Morgan fingerprint density at radius 1 is 0.973 bits per heavy atom. The molecule has 11 nitrogen and oxygen atoms in total. The summed E-state index contributed by atoms with van der Waals surface area (Å²) in [6.45, 7) is 0. The second-order valence-corrected chi connectivity index (χ2v) is 8.43. The van der Waals surface area contributed by atoms with Crippen LogP contribution in [-0.4, -0.2) is 68.2 Å². The van der Waals surface area contributed by atoms with Crippen molar-refractivity contribution in [1.82, 2.24) is 24.7 Å². The molecule has 1 atom stereocenters. The molecule has 4 aromatic rings. The summed E-state index contributed by atoms with van der Waals surface area (Å²) in [4.78, 5) is 8.47. The number of nitrogens with one attached hydrogen (secondary N) is 1. The summed E-state index contributed by atoms with van der Waals surface area (Å²) in [5.41, 5.74) is 1.59. The standard InChI is InChI=1S/C23H23FN6O4S.CH4O/c1-32-18-7-5-8-19(33-2)21(18)30-22(17-6-4-9-20(26-17)34-3)27-28-23(30)29-35(31)13-12-16-11-10-15(24)14-25-16;1-2/h4-11,14H,12-13H2,1-3H3,(H,28,29);2H,1H3. The first-order valence-electron chi connectivity index (χ1n) is 10.9. The highest BCUT2D eigenvalue weighted by Gasteiger charge is 2.24. The van der Waals surface area contributed by atoms with Gasteiger partial charge in [-0.2, -0.15) is 0 Å². The molecule has 2 N–H and O–H groups in total. The number of aliphatic hydroxyl groups excluding tert-OH is 1. The minimum absolute atomic E-state index is 0.192. The third kappa shape index (κ3) is 6.57. The summed E-state index contributed by atoms with van der Waals surface area (Å²) in [5, 5.41) is 15.5. The predicted octanol–water partition coefficient (Wildman–Crippen LogP) is 2.82. The maximum Gasteiger partial charge on any atom is 0.241 e. The third-order valence-corrected chi connectivity index (χ3v) is 5.97. The van der Waals surface area contributed by atoms with Gasteiger partial charge in [0, 0.05) is 31.0 Å². The number of aromatic nitrogens is 5. The number of nitrogens with zero attached hydrogens (tertiary/aromatic N) is 5. The molecule has 1 aromatic carbocycles. The molecule has 0 fully saturated rings. The Hall–Kier alpha value is -4.10. The van der Waals surface area contributed by atoms with E-state index in [1.54, 1.807) is 47.0 Å². The largest absolute Gasteiger partial charge is 0.494 e. The molecule has 196 valence electrons. The van der Waals surface area contributed by atoms with Gasteiger partial charge in [0.2, 0.25) is 11.8 Å². The summed E-state index contributed by atoms with van der Waals surface area (Å²) >= 11 is 0. The summed E-state index contributed by atoms with van der Waals surface area (Å²) < 4.78 is 47.0. The summed E-state index contributed by atoms with van der Waals surface area (Å²) in [5.74, 6) is 1.69. The Bertz CT molecular complexity index is 1310. The summed E-state index contributed by atoms with van der Waals surface area (Å²) in [7, 11) is 4.03. The average molecular weight is 531 g/mol. The number of benzene rings is 1. The van der Waals surface area contributed by atoms with Crippen molar-refractivity contribution in [2.24, 2.45) is 0 Å². The zero-order valence-corrected chi connectivity index (χ0v) is 21.5. The van der Waals surface area contributed by atoms with Crippen molar-refractivity contribution in [3.63, 3.8) is 0 Å². The first-order valence-corrected chi connectivity index (χ1v) is 12.2. The van der Waals surface area contributed by atoms with Crippen LogP contribution in [0.3, 0.4) is 0 Å². The lowest BCUT2D eigenvalue weighted by Gasteiger charge is -2.17. The number of hydrogen-bond acceptors (Lipinski definition) is 9. The molecule has 0 saturated carbocycles. The Morgan fingerprint density at radius 3 is 2.30 bits per heavy atom. The zero-order chi connectivity index (χ0) is 26.8. The molecule has 0 aliphatic rings. The highest BCUT2D eigenvalue weighted by atomic mass is 32.2. The van der Waals surface area contributed by atoms with Crippen molar-refractivity contribution < 1.29 is 27.9 Å². The normalized spacial score (nSPS) is 11.2. The number of hydrogen-bond donors (Lipinski definition) is 2. The highest BCUT2D eigenvalue weighted by Crippen LogP contribution is 2.37. The van der Waals surface area contributed by atoms with Gasteiger partial charge in [0.05, 0.1) is 27.5 Å². The van der Waals surface area contributed by atoms with Crippen molar-refractivity contribution in [2.75, 3.05) is 38.9 Å². The smallest absolute Gasteiger partial charge is 0.241 e. The molecule has 37 heavy (non-hydrogen) atoms. The van der Waals surface area contributed by atoms with Crippen LogP contribution in [0.1, 0.15) is 5.69 Å². The van der Waals surface area contributed by atoms with Crippen LogP contribution in [0.25, 0.3) is 17.2 Å². The number of halogens is 1. The van der Waals surface area contributed by atoms with Crippen LogP contribution < -0.4 is 18.9 Å². The van der Waals surface area contributed by atoms with Crippen LogP contribution in [-0.2, 0) is 17.4 Å². The van der Waals surface area contributed by atoms with E-state index in [0.29, 0.717) is 46.7 Å². The molecule has 0 aliphatic heterocycles. The maximum atomic E-state index is 13.1. The highest BCUT2D eigenvalue weighted by molar-refractivity contribution is 7.86. The van der Waals surface area contributed by atoms with Crippen LogP contribution in [0, 0.1) is 5.82 Å². The lowest BCUT2D eigenvalue weighted by atomic mass is 10.2. The van der Waals surface area contributed by atoms with Crippen molar-refractivity contribution in [2.45, 2.75) is 6.42 Å². The number of para-hydroxylation sites is 1. The van der Waals surface area contributed by atoms with Gasteiger partial charge in [0.1, 0.15) is 39.7 Å². The van der Waals surface area contributed by atoms with Crippen molar-refractivity contribution in [3.05, 3.63) is 66.2 Å². The minimum atomic E-state index is -1.56. The number of aliphatic hydroxyl groups is 1. The topological polar surface area (TPSA) is 134 Å². The second kappa shape index (κ2) is 13.3. The van der Waals surface area contributed by atoms with Gasteiger partial charge in [-0.25, -0.2) is 13.6 Å². The quantitative estimate of drug-likeness (QED) is 0.317. The third-order valence-electron chi connectivity index (χ3n) is 4.99. The number of anilines is 1. The summed E-state index contributed by atoms with van der Waals surface area (Å²) in [6.07, 6.45) is 1.50. The van der Waals surface area contributed by atoms with Crippen LogP contribution in [0.5, 0.6) is 17.4 Å². The van der Waals surface area contributed by atoms with Gasteiger partial charge in [-0.1, -0.05) is 12.1 Å². The fraction of sp³-hybridized carbons (Fsp3) is 0.250.